The highest BCUT2D eigenvalue weighted by atomic mass is 32.1. The van der Waals surface area contributed by atoms with Gasteiger partial charge in [0.1, 0.15) is 5.82 Å². The van der Waals surface area contributed by atoms with Crippen molar-refractivity contribution in [1.82, 2.24) is 9.80 Å². The summed E-state index contributed by atoms with van der Waals surface area (Å²) < 4.78 is 25.4. The smallest absolute Gasteiger partial charge is 0.416 e. The molecule has 0 bridgehead atoms. The number of amides is 2. The fourth-order valence-electron chi connectivity index (χ4n) is 4.82. The summed E-state index contributed by atoms with van der Waals surface area (Å²) in [6, 6.07) is 4.76. The molecule has 4 rings (SSSR count). The van der Waals surface area contributed by atoms with Crippen molar-refractivity contribution in [1.29, 1.82) is 0 Å². The lowest BCUT2D eigenvalue weighted by atomic mass is 9.88. The molecule has 0 N–H and O–H groups in total. The van der Waals surface area contributed by atoms with E-state index in [0.717, 1.165) is 25.7 Å². The average molecular weight is 479 g/mol. The molecule has 3 fully saturated rings. The first-order chi connectivity index (χ1) is 15.9. The highest BCUT2D eigenvalue weighted by Crippen LogP contribution is 2.30. The van der Waals surface area contributed by atoms with Crippen molar-refractivity contribution in [2.75, 3.05) is 56.7 Å². The van der Waals surface area contributed by atoms with Crippen LogP contribution in [0.3, 0.4) is 0 Å². The number of cyclic esters (lactones) is 1. The zero-order valence-corrected chi connectivity index (χ0v) is 20.0. The third-order valence-corrected chi connectivity index (χ3v) is 7.27. The van der Waals surface area contributed by atoms with Crippen LogP contribution in [0.15, 0.2) is 18.2 Å². The Kier molecular flexibility index (Phi) is 7.21. The molecule has 1 saturated carbocycles. The van der Waals surface area contributed by atoms with Crippen molar-refractivity contribution in [3.8, 4) is 0 Å². The molecule has 2 aliphatic heterocycles. The van der Waals surface area contributed by atoms with Gasteiger partial charge in [0.25, 0.3) is 5.17 Å². The van der Waals surface area contributed by atoms with Crippen LogP contribution in [-0.4, -0.2) is 80.1 Å². The van der Waals surface area contributed by atoms with E-state index in [2.05, 4.69) is 0 Å². The molecule has 8 nitrogen and oxygen atoms in total. The van der Waals surface area contributed by atoms with Crippen LogP contribution in [0.1, 0.15) is 32.1 Å². The lowest BCUT2D eigenvalue weighted by Gasteiger charge is -2.38. The quantitative estimate of drug-likeness (QED) is 0.616. The Hall–Kier alpha value is -2.62. The van der Waals surface area contributed by atoms with Gasteiger partial charge in [-0.2, -0.15) is 0 Å². The number of carbonyl (C=O) groups excluding carboxylic acids is 2. The molecule has 0 aromatic heterocycles. The van der Waals surface area contributed by atoms with Gasteiger partial charge in [0, 0.05) is 39.1 Å². The lowest BCUT2D eigenvalue weighted by Crippen LogP contribution is -2.50. The van der Waals surface area contributed by atoms with Gasteiger partial charge < -0.3 is 19.3 Å². The molecule has 0 spiro atoms. The summed E-state index contributed by atoms with van der Waals surface area (Å²) in [6.07, 6.45) is 4.29. The minimum atomic E-state index is -0.609. The molecule has 2 saturated heterocycles. The van der Waals surface area contributed by atoms with Crippen molar-refractivity contribution < 1.29 is 23.5 Å². The van der Waals surface area contributed by atoms with E-state index in [1.165, 1.54) is 24.5 Å². The predicted octanol–water partition coefficient (Wildman–Crippen LogP) is 3.20. The van der Waals surface area contributed by atoms with Gasteiger partial charge in [0.05, 0.1) is 25.0 Å². The molecular formula is C23H31FN4O4S. The van der Waals surface area contributed by atoms with Crippen LogP contribution in [-0.2, 0) is 14.3 Å². The number of anilines is 2. The Labute approximate surface area is 199 Å². The minimum Gasteiger partial charge on any atom is -0.474 e. The van der Waals surface area contributed by atoms with E-state index in [9.17, 15) is 9.59 Å². The van der Waals surface area contributed by atoms with Crippen LogP contribution in [0.4, 0.5) is 20.6 Å². The minimum absolute atomic E-state index is 0.155. The van der Waals surface area contributed by atoms with Crippen molar-refractivity contribution in [3.05, 3.63) is 24.0 Å². The van der Waals surface area contributed by atoms with Gasteiger partial charge in [-0.3, -0.25) is 14.6 Å². The first kappa shape index (κ1) is 23.5. The Morgan fingerprint density at radius 3 is 2.52 bits per heavy atom. The Morgan fingerprint density at radius 1 is 1.18 bits per heavy atom. The summed E-state index contributed by atoms with van der Waals surface area (Å²) in [4.78, 5) is 32.0. The molecule has 2 heterocycles. The number of ether oxygens (including phenoxy) is 2. The number of hydrogen-bond acceptors (Lipinski definition) is 6. The molecule has 1 aromatic rings. The molecule has 1 aromatic carbocycles. The van der Waals surface area contributed by atoms with Crippen molar-refractivity contribution in [3.63, 3.8) is 0 Å². The van der Waals surface area contributed by atoms with Crippen molar-refractivity contribution in [2.24, 2.45) is 5.92 Å². The van der Waals surface area contributed by atoms with Crippen LogP contribution >= 0.6 is 12.2 Å². The van der Waals surface area contributed by atoms with Crippen LogP contribution in [0.2, 0.25) is 0 Å². The zero-order valence-electron chi connectivity index (χ0n) is 19.2. The van der Waals surface area contributed by atoms with Gasteiger partial charge >= 0.3 is 6.09 Å². The second-order valence-electron chi connectivity index (χ2n) is 8.81. The van der Waals surface area contributed by atoms with E-state index in [1.807, 2.05) is 9.80 Å². The number of likely N-dealkylation sites (N-methyl/N-ethyl adjacent to an activating group) is 1. The maximum atomic E-state index is 15.0. The molecular weight excluding hydrogens is 447 g/mol. The summed E-state index contributed by atoms with van der Waals surface area (Å²) in [5.41, 5.74) is 0.900. The van der Waals surface area contributed by atoms with Crippen LogP contribution < -0.4 is 9.80 Å². The predicted molar refractivity (Wildman–Crippen MR) is 127 cm³/mol. The number of piperazine rings is 1. The van der Waals surface area contributed by atoms with E-state index < -0.39 is 18.1 Å². The maximum Gasteiger partial charge on any atom is 0.416 e. The molecule has 0 unspecified atom stereocenters. The number of benzene rings is 1. The maximum absolute atomic E-state index is 15.0. The molecule has 2 amide bonds. The number of thiocarbonyl (C=S) groups is 1. The average Bonchev–Trinajstić information content (AvgIpc) is 3.24. The number of halogens is 1. The highest BCUT2D eigenvalue weighted by molar-refractivity contribution is 7.80. The first-order valence-corrected chi connectivity index (χ1v) is 11.9. The third kappa shape index (κ3) is 5.00. The van der Waals surface area contributed by atoms with Crippen LogP contribution in [0.25, 0.3) is 0 Å². The lowest BCUT2D eigenvalue weighted by molar-refractivity contribution is -0.136. The zero-order chi connectivity index (χ0) is 23.5. The standard InChI is InChI=1S/C23H31FN4O4S/c1-25(23(33)31-2)20-15-28(22(30)32-20)17-8-9-19(18(24)14-17)26-10-12-27(13-11-26)21(29)16-6-4-3-5-7-16/h8-9,14,16,20H,3-7,10-13,15H2,1-2H3/t20-/m0/s1. The first-order valence-electron chi connectivity index (χ1n) is 11.5. The Bertz CT molecular complexity index is 902. The number of rotatable bonds is 4. The number of carbonyl (C=O) groups is 2. The normalized spacial score (nSPS) is 21.7. The second-order valence-corrected chi connectivity index (χ2v) is 9.16. The van der Waals surface area contributed by atoms with Gasteiger partial charge in [-0.25, -0.2) is 9.18 Å². The summed E-state index contributed by atoms with van der Waals surface area (Å²) in [6.45, 7) is 2.58. The van der Waals surface area contributed by atoms with Gasteiger partial charge in [0.15, 0.2) is 6.23 Å². The number of methoxy groups -OCH3 is 1. The van der Waals surface area contributed by atoms with Crippen molar-refractivity contribution in [2.45, 2.75) is 38.3 Å². The van der Waals surface area contributed by atoms with E-state index in [-0.39, 0.29) is 23.5 Å². The van der Waals surface area contributed by atoms with Gasteiger partial charge in [-0.05, 0) is 43.3 Å². The topological polar surface area (TPSA) is 65.6 Å². The number of hydrogen-bond donors (Lipinski definition) is 0. The Balaban J connectivity index is 1.37. The van der Waals surface area contributed by atoms with Crippen molar-refractivity contribution >= 4 is 40.8 Å². The molecule has 33 heavy (non-hydrogen) atoms. The van der Waals surface area contributed by atoms with E-state index in [4.69, 9.17) is 21.7 Å². The third-order valence-electron chi connectivity index (χ3n) is 6.82. The SMILES string of the molecule is COC(=S)N(C)[C@@H]1CN(c2ccc(N3CCN(C(=O)C4CCCCC4)CC3)c(F)c2)C(=O)O1. The van der Waals surface area contributed by atoms with Crippen LogP contribution in [0, 0.1) is 11.7 Å². The monoisotopic (exact) mass is 478 g/mol. The summed E-state index contributed by atoms with van der Waals surface area (Å²) in [5, 5.41) is 0.206. The van der Waals surface area contributed by atoms with E-state index >= 15 is 4.39 Å². The highest BCUT2D eigenvalue weighted by Gasteiger charge is 2.36. The van der Waals surface area contributed by atoms with E-state index in [1.54, 1.807) is 24.1 Å². The fraction of sp³-hybridized carbons (Fsp3) is 0.609. The fourth-order valence-corrected chi connectivity index (χ4v) is 4.94. The van der Waals surface area contributed by atoms with Crippen LogP contribution in [0.5, 0.6) is 0 Å². The summed E-state index contributed by atoms with van der Waals surface area (Å²) in [7, 11) is 3.13. The van der Waals surface area contributed by atoms with Gasteiger partial charge in [-0.1, -0.05) is 19.3 Å². The second kappa shape index (κ2) is 10.1. The number of nitrogens with zero attached hydrogens (tertiary/aromatic N) is 4. The molecule has 3 aliphatic rings. The molecule has 1 atom stereocenters. The largest absolute Gasteiger partial charge is 0.474 e. The van der Waals surface area contributed by atoms with E-state index in [0.29, 0.717) is 37.6 Å². The summed E-state index contributed by atoms with van der Waals surface area (Å²) in [5.74, 6) is 0.00409. The molecule has 1 aliphatic carbocycles. The molecule has 0 radical (unpaired) electrons. The van der Waals surface area contributed by atoms with Gasteiger partial charge in [0.2, 0.25) is 5.91 Å². The molecule has 10 heteroatoms. The molecule has 180 valence electrons. The Morgan fingerprint density at radius 2 is 1.88 bits per heavy atom. The van der Waals surface area contributed by atoms with Gasteiger partial charge in [-0.15, -0.1) is 0 Å². The summed E-state index contributed by atoms with van der Waals surface area (Å²) >= 11 is 5.08.